The topological polar surface area (TPSA) is 38.3 Å². The number of carbonyl (C=O) groups excluding carboxylic acids is 1. The highest BCUT2D eigenvalue weighted by molar-refractivity contribution is 8.00. The van der Waals surface area contributed by atoms with Gasteiger partial charge < -0.3 is 10.1 Å². The van der Waals surface area contributed by atoms with Crippen LogP contribution in [-0.4, -0.2) is 17.8 Å². The predicted molar refractivity (Wildman–Crippen MR) is 93.0 cm³/mol. The minimum absolute atomic E-state index is 0.0476. The van der Waals surface area contributed by atoms with E-state index in [2.05, 4.69) is 5.32 Å². The fourth-order valence-electron chi connectivity index (χ4n) is 1.85. The van der Waals surface area contributed by atoms with E-state index in [0.29, 0.717) is 11.6 Å². The van der Waals surface area contributed by atoms with Gasteiger partial charge in [0.15, 0.2) is 0 Å². The van der Waals surface area contributed by atoms with Crippen LogP contribution in [0.1, 0.15) is 13.8 Å². The fourth-order valence-corrected chi connectivity index (χ4v) is 2.84. The second-order valence-electron chi connectivity index (χ2n) is 4.66. The standard InChI is InChI=1S/C17H18ClNO2S/c1-3-21-15-6-4-5-14(11-15)19-17(20)12(2)22-16-9-7-13(18)8-10-16/h4-12H,3H2,1-2H3,(H,19,20). The Labute approximate surface area is 140 Å². The highest BCUT2D eigenvalue weighted by atomic mass is 35.5. The van der Waals surface area contributed by atoms with Gasteiger partial charge in [0, 0.05) is 21.7 Å². The van der Waals surface area contributed by atoms with Gasteiger partial charge in [-0.05, 0) is 50.2 Å². The average molecular weight is 336 g/mol. The van der Waals surface area contributed by atoms with Crippen molar-refractivity contribution in [3.05, 3.63) is 53.6 Å². The van der Waals surface area contributed by atoms with E-state index >= 15 is 0 Å². The Morgan fingerprint density at radius 2 is 2.00 bits per heavy atom. The van der Waals surface area contributed by atoms with Gasteiger partial charge in [-0.1, -0.05) is 17.7 Å². The first-order valence-electron chi connectivity index (χ1n) is 7.04. The number of ether oxygens (including phenoxy) is 1. The SMILES string of the molecule is CCOc1cccc(NC(=O)C(C)Sc2ccc(Cl)cc2)c1. The quantitative estimate of drug-likeness (QED) is 0.766. The Balaban J connectivity index is 1.96. The molecule has 0 saturated carbocycles. The molecule has 22 heavy (non-hydrogen) atoms. The molecule has 0 aliphatic carbocycles. The molecule has 3 nitrogen and oxygen atoms in total. The van der Waals surface area contributed by atoms with Gasteiger partial charge in [0.25, 0.3) is 0 Å². The van der Waals surface area contributed by atoms with Crippen LogP contribution in [0.5, 0.6) is 5.75 Å². The highest BCUT2D eigenvalue weighted by Gasteiger charge is 2.14. The predicted octanol–water partition coefficient (Wildman–Crippen LogP) is 4.86. The molecule has 0 fully saturated rings. The van der Waals surface area contributed by atoms with Crippen LogP contribution in [0.25, 0.3) is 0 Å². The molecule has 1 unspecified atom stereocenters. The third-order valence-corrected chi connectivity index (χ3v) is 4.27. The number of hydrogen-bond acceptors (Lipinski definition) is 3. The van der Waals surface area contributed by atoms with E-state index in [1.165, 1.54) is 11.8 Å². The summed E-state index contributed by atoms with van der Waals surface area (Å²) < 4.78 is 5.43. The zero-order valence-electron chi connectivity index (χ0n) is 12.5. The smallest absolute Gasteiger partial charge is 0.237 e. The maximum atomic E-state index is 12.3. The average Bonchev–Trinajstić information content (AvgIpc) is 2.50. The van der Waals surface area contributed by atoms with Gasteiger partial charge in [0.2, 0.25) is 5.91 Å². The molecule has 0 bridgehead atoms. The number of nitrogens with one attached hydrogen (secondary N) is 1. The summed E-state index contributed by atoms with van der Waals surface area (Å²) in [6.07, 6.45) is 0. The third-order valence-electron chi connectivity index (χ3n) is 2.91. The van der Waals surface area contributed by atoms with Crippen molar-refractivity contribution in [3.8, 4) is 5.75 Å². The summed E-state index contributed by atoms with van der Waals surface area (Å²) in [5.74, 6) is 0.701. The van der Waals surface area contributed by atoms with Crippen LogP contribution in [0, 0.1) is 0 Å². The lowest BCUT2D eigenvalue weighted by Crippen LogP contribution is -2.22. The molecule has 2 aromatic carbocycles. The molecule has 0 radical (unpaired) electrons. The first-order valence-corrected chi connectivity index (χ1v) is 8.30. The summed E-state index contributed by atoms with van der Waals surface area (Å²) in [5, 5.41) is 3.38. The molecule has 0 saturated heterocycles. The van der Waals surface area contributed by atoms with Crippen LogP contribution in [-0.2, 0) is 4.79 Å². The molecule has 0 aromatic heterocycles. The number of anilines is 1. The molecule has 0 spiro atoms. The van der Waals surface area contributed by atoms with Crippen LogP contribution in [0.2, 0.25) is 5.02 Å². The van der Waals surface area contributed by atoms with Gasteiger partial charge >= 0.3 is 0 Å². The monoisotopic (exact) mass is 335 g/mol. The summed E-state index contributed by atoms with van der Waals surface area (Å²) in [6.45, 7) is 4.40. The van der Waals surface area contributed by atoms with Crippen LogP contribution >= 0.6 is 23.4 Å². The van der Waals surface area contributed by atoms with E-state index < -0.39 is 0 Å². The van der Waals surface area contributed by atoms with Crippen molar-refractivity contribution < 1.29 is 9.53 Å². The maximum Gasteiger partial charge on any atom is 0.237 e. The molecule has 5 heteroatoms. The molecular formula is C17H18ClNO2S. The summed E-state index contributed by atoms with van der Waals surface area (Å²) in [7, 11) is 0. The van der Waals surface area contributed by atoms with Crippen molar-refractivity contribution in [1.29, 1.82) is 0 Å². The minimum Gasteiger partial charge on any atom is -0.494 e. The first kappa shape index (κ1) is 16.7. The van der Waals surface area contributed by atoms with Crippen molar-refractivity contribution in [2.75, 3.05) is 11.9 Å². The first-order chi connectivity index (χ1) is 10.6. The number of carbonyl (C=O) groups is 1. The van der Waals surface area contributed by atoms with Crippen molar-refractivity contribution in [1.82, 2.24) is 0 Å². The number of hydrogen-bond donors (Lipinski definition) is 1. The van der Waals surface area contributed by atoms with Crippen molar-refractivity contribution in [3.63, 3.8) is 0 Å². The maximum absolute atomic E-state index is 12.3. The molecule has 0 aliphatic rings. The second kappa shape index (κ2) is 8.11. The number of thioether (sulfide) groups is 1. The zero-order valence-corrected chi connectivity index (χ0v) is 14.1. The van der Waals surface area contributed by atoms with Gasteiger partial charge in [-0.15, -0.1) is 11.8 Å². The van der Waals surface area contributed by atoms with E-state index in [4.69, 9.17) is 16.3 Å². The third kappa shape index (κ3) is 4.97. The molecule has 1 atom stereocenters. The van der Waals surface area contributed by atoms with Crippen molar-refractivity contribution in [2.45, 2.75) is 24.0 Å². The molecule has 116 valence electrons. The number of benzene rings is 2. The summed E-state index contributed by atoms with van der Waals surface area (Å²) in [6, 6.07) is 14.9. The van der Waals surface area contributed by atoms with E-state index in [0.717, 1.165) is 16.3 Å². The molecule has 1 N–H and O–H groups in total. The molecule has 2 aromatic rings. The van der Waals surface area contributed by atoms with Gasteiger partial charge in [0.1, 0.15) is 5.75 Å². The lowest BCUT2D eigenvalue weighted by Gasteiger charge is -2.13. The lowest BCUT2D eigenvalue weighted by molar-refractivity contribution is -0.115. The fraction of sp³-hybridized carbons (Fsp3) is 0.235. The van der Waals surface area contributed by atoms with Gasteiger partial charge in [-0.25, -0.2) is 0 Å². The van der Waals surface area contributed by atoms with Gasteiger partial charge in [-0.3, -0.25) is 4.79 Å². The van der Waals surface area contributed by atoms with Gasteiger partial charge in [-0.2, -0.15) is 0 Å². The minimum atomic E-state index is -0.211. The Hall–Kier alpha value is -1.65. The van der Waals surface area contributed by atoms with Crippen LogP contribution in [0.4, 0.5) is 5.69 Å². The summed E-state index contributed by atoms with van der Waals surface area (Å²) >= 11 is 7.35. The number of halogens is 1. The number of rotatable bonds is 6. The zero-order chi connectivity index (χ0) is 15.9. The van der Waals surface area contributed by atoms with E-state index in [1.807, 2.05) is 62.4 Å². The van der Waals surface area contributed by atoms with E-state index in [-0.39, 0.29) is 11.2 Å². The summed E-state index contributed by atoms with van der Waals surface area (Å²) in [4.78, 5) is 13.3. The summed E-state index contributed by atoms with van der Waals surface area (Å²) in [5.41, 5.74) is 0.736. The molecule has 1 amide bonds. The Bertz CT molecular complexity index is 631. The van der Waals surface area contributed by atoms with E-state index in [9.17, 15) is 4.79 Å². The van der Waals surface area contributed by atoms with Crippen LogP contribution < -0.4 is 10.1 Å². The highest BCUT2D eigenvalue weighted by Crippen LogP contribution is 2.26. The normalized spacial score (nSPS) is 11.8. The Kier molecular flexibility index (Phi) is 6.16. The number of amides is 1. The molecular weight excluding hydrogens is 318 g/mol. The van der Waals surface area contributed by atoms with Crippen molar-refractivity contribution in [2.24, 2.45) is 0 Å². The lowest BCUT2D eigenvalue weighted by atomic mass is 10.3. The van der Waals surface area contributed by atoms with Crippen LogP contribution in [0.3, 0.4) is 0 Å². The molecule has 0 heterocycles. The molecule has 0 aliphatic heterocycles. The largest absolute Gasteiger partial charge is 0.494 e. The van der Waals surface area contributed by atoms with E-state index in [1.54, 1.807) is 0 Å². The van der Waals surface area contributed by atoms with Crippen LogP contribution in [0.15, 0.2) is 53.4 Å². The second-order valence-corrected chi connectivity index (χ2v) is 6.51. The molecule has 2 rings (SSSR count). The Morgan fingerprint density at radius 3 is 2.68 bits per heavy atom. The van der Waals surface area contributed by atoms with Gasteiger partial charge in [0.05, 0.1) is 11.9 Å². The Morgan fingerprint density at radius 1 is 1.27 bits per heavy atom. The van der Waals surface area contributed by atoms with Crippen molar-refractivity contribution >= 4 is 35.0 Å².